The van der Waals surface area contributed by atoms with Crippen LogP contribution < -0.4 is 5.73 Å². The molecule has 5 nitrogen and oxygen atoms in total. The number of carbonyl (C=O) groups excluding carboxylic acids is 1. The van der Waals surface area contributed by atoms with Crippen LogP contribution in [0.25, 0.3) is 11.0 Å². The molecule has 2 aromatic rings. The van der Waals surface area contributed by atoms with Crippen LogP contribution in [0.15, 0.2) is 24.3 Å². The van der Waals surface area contributed by atoms with Crippen molar-refractivity contribution < 1.29 is 4.79 Å². The lowest BCUT2D eigenvalue weighted by Gasteiger charge is -2.31. The van der Waals surface area contributed by atoms with Crippen molar-refractivity contribution in [2.75, 3.05) is 19.3 Å². The van der Waals surface area contributed by atoms with E-state index in [2.05, 4.69) is 9.55 Å². The van der Waals surface area contributed by atoms with Crippen molar-refractivity contribution in [3.05, 3.63) is 24.3 Å². The number of amides is 1. The van der Waals surface area contributed by atoms with E-state index in [1.165, 1.54) is 0 Å². The zero-order valence-electron chi connectivity index (χ0n) is 10.3. The summed E-state index contributed by atoms with van der Waals surface area (Å²) >= 11 is 0. The summed E-state index contributed by atoms with van der Waals surface area (Å²) in [7, 11) is 1.84. The number of nitrogens with two attached hydrogens (primary N) is 1. The van der Waals surface area contributed by atoms with Crippen LogP contribution in [0, 0.1) is 0 Å². The van der Waals surface area contributed by atoms with Crippen molar-refractivity contribution in [1.29, 1.82) is 0 Å². The molecule has 5 heteroatoms. The molecule has 0 saturated carbocycles. The number of fused-ring (bicyclic) bond motifs is 1. The Hall–Kier alpha value is -2.04. The summed E-state index contributed by atoms with van der Waals surface area (Å²) in [6.45, 7) is 0.698. The summed E-state index contributed by atoms with van der Waals surface area (Å²) in [6.07, 6.45) is 1.40. The second kappa shape index (κ2) is 4.01. The number of likely N-dealkylation sites (N-methyl/N-ethyl adjacent to an activating group) is 1. The molecule has 2 heterocycles. The van der Waals surface area contributed by atoms with Gasteiger partial charge in [0.05, 0.1) is 17.1 Å². The average molecular weight is 244 g/mol. The number of hydrogen-bond donors (Lipinski definition) is 1. The molecule has 18 heavy (non-hydrogen) atoms. The SMILES string of the molecule is CN1CC(n2c(N)nc3ccccc32)CCC1=O. The lowest BCUT2D eigenvalue weighted by molar-refractivity contribution is -0.132. The highest BCUT2D eigenvalue weighted by molar-refractivity contribution is 5.79. The Balaban J connectivity index is 2.04. The predicted molar refractivity (Wildman–Crippen MR) is 70.1 cm³/mol. The fourth-order valence-corrected chi connectivity index (χ4v) is 2.65. The van der Waals surface area contributed by atoms with Crippen molar-refractivity contribution in [3.8, 4) is 0 Å². The number of piperidine rings is 1. The van der Waals surface area contributed by atoms with Gasteiger partial charge in [-0.3, -0.25) is 4.79 Å². The molecule has 1 saturated heterocycles. The Labute approximate surface area is 105 Å². The highest BCUT2D eigenvalue weighted by Gasteiger charge is 2.26. The van der Waals surface area contributed by atoms with Crippen molar-refractivity contribution in [2.45, 2.75) is 18.9 Å². The molecular formula is C13H16N4O. The predicted octanol–water partition coefficient (Wildman–Crippen LogP) is 1.41. The summed E-state index contributed by atoms with van der Waals surface area (Å²) in [4.78, 5) is 17.7. The highest BCUT2D eigenvalue weighted by Crippen LogP contribution is 2.28. The van der Waals surface area contributed by atoms with E-state index in [9.17, 15) is 4.79 Å². The Morgan fingerprint density at radius 3 is 2.94 bits per heavy atom. The molecule has 1 aliphatic heterocycles. The minimum atomic E-state index is 0.203. The second-order valence-electron chi connectivity index (χ2n) is 4.80. The molecule has 0 radical (unpaired) electrons. The van der Waals surface area contributed by atoms with E-state index in [4.69, 9.17) is 5.73 Å². The molecule has 1 aromatic carbocycles. The Morgan fingerprint density at radius 2 is 2.17 bits per heavy atom. The van der Waals surface area contributed by atoms with E-state index < -0.39 is 0 Å². The second-order valence-corrected chi connectivity index (χ2v) is 4.80. The lowest BCUT2D eigenvalue weighted by Crippen LogP contribution is -2.38. The van der Waals surface area contributed by atoms with Crippen LogP contribution in [-0.2, 0) is 4.79 Å². The molecule has 2 N–H and O–H groups in total. The van der Waals surface area contributed by atoms with Gasteiger partial charge in [-0.05, 0) is 18.6 Å². The van der Waals surface area contributed by atoms with Crippen molar-refractivity contribution >= 4 is 22.9 Å². The first-order valence-electron chi connectivity index (χ1n) is 6.13. The Morgan fingerprint density at radius 1 is 1.39 bits per heavy atom. The summed E-state index contributed by atoms with van der Waals surface area (Å²) in [5, 5.41) is 0. The number of rotatable bonds is 1. The molecular weight excluding hydrogens is 228 g/mol. The molecule has 1 fully saturated rings. The number of nitrogen functional groups attached to an aromatic ring is 1. The number of nitrogens with zero attached hydrogens (tertiary/aromatic N) is 3. The number of likely N-dealkylation sites (tertiary alicyclic amines) is 1. The normalized spacial score (nSPS) is 20.6. The van der Waals surface area contributed by atoms with Crippen LogP contribution in [0.1, 0.15) is 18.9 Å². The summed E-state index contributed by atoms with van der Waals surface area (Å²) in [5.74, 6) is 0.734. The molecule has 0 aliphatic carbocycles. The van der Waals surface area contributed by atoms with Gasteiger partial charge in [-0.25, -0.2) is 4.98 Å². The Bertz CT molecular complexity index is 604. The van der Waals surface area contributed by atoms with Gasteiger partial charge in [0, 0.05) is 20.0 Å². The first kappa shape index (κ1) is 11.1. The van der Waals surface area contributed by atoms with Gasteiger partial charge in [0.1, 0.15) is 0 Å². The van der Waals surface area contributed by atoms with Crippen LogP contribution in [0.4, 0.5) is 5.95 Å². The molecule has 0 spiro atoms. The lowest BCUT2D eigenvalue weighted by atomic mass is 10.1. The van der Waals surface area contributed by atoms with E-state index in [1.807, 2.05) is 31.3 Å². The van der Waals surface area contributed by atoms with Crippen molar-refractivity contribution in [3.63, 3.8) is 0 Å². The molecule has 1 unspecified atom stereocenters. The van der Waals surface area contributed by atoms with Crippen LogP contribution >= 0.6 is 0 Å². The van der Waals surface area contributed by atoms with Crippen LogP contribution in [0.2, 0.25) is 0 Å². The van der Waals surface area contributed by atoms with Gasteiger partial charge in [-0.15, -0.1) is 0 Å². The highest BCUT2D eigenvalue weighted by atomic mass is 16.2. The molecule has 94 valence electrons. The molecule has 1 aromatic heterocycles. The fourth-order valence-electron chi connectivity index (χ4n) is 2.65. The van der Waals surface area contributed by atoms with Crippen molar-refractivity contribution in [2.24, 2.45) is 0 Å². The van der Waals surface area contributed by atoms with E-state index >= 15 is 0 Å². The van der Waals surface area contributed by atoms with Gasteiger partial charge >= 0.3 is 0 Å². The first-order valence-corrected chi connectivity index (χ1v) is 6.13. The van der Waals surface area contributed by atoms with Crippen LogP contribution in [-0.4, -0.2) is 34.0 Å². The van der Waals surface area contributed by atoms with E-state index in [-0.39, 0.29) is 11.9 Å². The smallest absolute Gasteiger partial charge is 0.222 e. The number of hydrogen-bond acceptors (Lipinski definition) is 3. The molecule has 0 bridgehead atoms. The van der Waals surface area contributed by atoms with Gasteiger partial charge in [-0.1, -0.05) is 12.1 Å². The summed E-state index contributed by atoms with van der Waals surface area (Å²) in [5.41, 5.74) is 7.97. The Kier molecular flexibility index (Phi) is 2.47. The van der Waals surface area contributed by atoms with E-state index in [0.717, 1.165) is 17.5 Å². The monoisotopic (exact) mass is 244 g/mol. The number of para-hydroxylation sites is 2. The number of benzene rings is 1. The van der Waals surface area contributed by atoms with Gasteiger partial charge in [0.15, 0.2) is 0 Å². The number of aromatic nitrogens is 2. The molecule has 1 atom stereocenters. The zero-order valence-corrected chi connectivity index (χ0v) is 10.3. The molecule has 1 amide bonds. The van der Waals surface area contributed by atoms with Crippen molar-refractivity contribution in [1.82, 2.24) is 14.5 Å². The van der Waals surface area contributed by atoms with Gasteiger partial charge < -0.3 is 15.2 Å². The third-order valence-electron chi connectivity index (χ3n) is 3.59. The number of imidazole rings is 1. The summed E-state index contributed by atoms with van der Waals surface area (Å²) in [6, 6.07) is 8.14. The average Bonchev–Trinajstić information content (AvgIpc) is 2.69. The largest absolute Gasteiger partial charge is 0.369 e. The quantitative estimate of drug-likeness (QED) is 0.825. The third-order valence-corrected chi connectivity index (χ3v) is 3.59. The van der Waals surface area contributed by atoms with Gasteiger partial charge in [0.25, 0.3) is 0 Å². The van der Waals surface area contributed by atoms with Gasteiger partial charge in [-0.2, -0.15) is 0 Å². The van der Waals surface area contributed by atoms with E-state index in [0.29, 0.717) is 18.9 Å². The number of carbonyl (C=O) groups is 1. The van der Waals surface area contributed by atoms with Crippen LogP contribution in [0.3, 0.4) is 0 Å². The van der Waals surface area contributed by atoms with Gasteiger partial charge in [0.2, 0.25) is 11.9 Å². The fraction of sp³-hybridized carbons (Fsp3) is 0.385. The summed E-state index contributed by atoms with van der Waals surface area (Å²) < 4.78 is 2.05. The standard InChI is InChI=1S/C13H16N4O/c1-16-8-9(6-7-12(16)18)17-11-5-3-2-4-10(11)15-13(17)14/h2-5,9H,6-8H2,1H3,(H2,14,15). The third kappa shape index (κ3) is 1.63. The maximum atomic E-state index is 11.5. The van der Waals surface area contributed by atoms with Crippen LogP contribution in [0.5, 0.6) is 0 Å². The van der Waals surface area contributed by atoms with E-state index in [1.54, 1.807) is 4.90 Å². The maximum Gasteiger partial charge on any atom is 0.222 e. The topological polar surface area (TPSA) is 64.2 Å². The number of anilines is 1. The molecule has 1 aliphatic rings. The minimum absolute atomic E-state index is 0.203. The zero-order chi connectivity index (χ0) is 12.7. The minimum Gasteiger partial charge on any atom is -0.369 e. The molecule has 3 rings (SSSR count). The maximum absolute atomic E-state index is 11.5. The first-order chi connectivity index (χ1) is 8.66.